The molecule has 0 spiro atoms. The second-order valence-corrected chi connectivity index (χ2v) is 5.69. The summed E-state index contributed by atoms with van der Waals surface area (Å²) in [5, 5.41) is 6.29. The first-order valence-electron chi connectivity index (χ1n) is 6.51. The molecule has 104 valence electrons. The van der Waals surface area contributed by atoms with Crippen LogP contribution in [0, 0.1) is 0 Å². The summed E-state index contributed by atoms with van der Waals surface area (Å²) in [5.41, 5.74) is 1.09. The molecule has 0 bridgehead atoms. The number of hydrogen-bond acceptors (Lipinski definition) is 3. The van der Waals surface area contributed by atoms with Gasteiger partial charge in [-0.2, -0.15) is 0 Å². The number of halogens is 1. The topological polar surface area (TPSA) is 50.4 Å². The fraction of sp³-hybridized carbons (Fsp3) is 0.500. The van der Waals surface area contributed by atoms with Gasteiger partial charge in [0, 0.05) is 23.5 Å². The number of morpholine rings is 1. The van der Waals surface area contributed by atoms with Gasteiger partial charge in [-0.3, -0.25) is 4.79 Å². The molecule has 0 aliphatic carbocycles. The molecular formula is C14H19BrN2O2. The summed E-state index contributed by atoms with van der Waals surface area (Å²) < 4.78 is 6.36. The van der Waals surface area contributed by atoms with Crippen molar-refractivity contribution in [2.24, 2.45) is 0 Å². The molecule has 1 aromatic carbocycles. The second-order valence-electron chi connectivity index (χ2n) is 4.77. The van der Waals surface area contributed by atoms with Gasteiger partial charge >= 0.3 is 0 Å². The van der Waals surface area contributed by atoms with E-state index in [2.05, 4.69) is 26.6 Å². The third-order valence-corrected chi connectivity index (χ3v) is 3.65. The molecule has 0 radical (unpaired) electrons. The molecule has 0 aromatic heterocycles. The van der Waals surface area contributed by atoms with Crippen molar-refractivity contribution in [3.63, 3.8) is 0 Å². The number of benzene rings is 1. The highest BCUT2D eigenvalue weighted by Crippen LogP contribution is 2.18. The molecule has 19 heavy (non-hydrogen) atoms. The van der Waals surface area contributed by atoms with E-state index in [0.29, 0.717) is 13.0 Å². The van der Waals surface area contributed by atoms with E-state index >= 15 is 0 Å². The standard InChI is InChI=1S/C14H19BrN2O2/c1-10(11-3-2-4-12(15)7-11)17-14(18)8-13-9-19-6-5-16-13/h2-4,7,10,13,16H,5-6,8-9H2,1H3,(H,17,18)/t10-,13?/m0/s1. The van der Waals surface area contributed by atoms with Crippen LogP contribution < -0.4 is 10.6 Å². The van der Waals surface area contributed by atoms with Crippen molar-refractivity contribution in [2.45, 2.75) is 25.4 Å². The van der Waals surface area contributed by atoms with E-state index in [9.17, 15) is 4.79 Å². The zero-order valence-electron chi connectivity index (χ0n) is 11.0. The third-order valence-electron chi connectivity index (χ3n) is 3.16. The average molecular weight is 327 g/mol. The van der Waals surface area contributed by atoms with E-state index in [1.54, 1.807) is 0 Å². The number of amides is 1. The zero-order valence-corrected chi connectivity index (χ0v) is 12.6. The van der Waals surface area contributed by atoms with E-state index < -0.39 is 0 Å². The first-order chi connectivity index (χ1) is 9.15. The minimum Gasteiger partial charge on any atom is -0.378 e. The van der Waals surface area contributed by atoms with Crippen molar-refractivity contribution in [1.29, 1.82) is 0 Å². The lowest BCUT2D eigenvalue weighted by atomic mass is 10.1. The maximum absolute atomic E-state index is 12.0. The first-order valence-corrected chi connectivity index (χ1v) is 7.30. The average Bonchev–Trinajstić information content (AvgIpc) is 2.39. The minimum absolute atomic E-state index is 0.00880. The quantitative estimate of drug-likeness (QED) is 0.889. The van der Waals surface area contributed by atoms with Crippen LogP contribution in [0.4, 0.5) is 0 Å². The van der Waals surface area contributed by atoms with Crippen LogP contribution in [0.15, 0.2) is 28.7 Å². The summed E-state index contributed by atoms with van der Waals surface area (Å²) in [7, 11) is 0. The smallest absolute Gasteiger partial charge is 0.222 e. The molecule has 0 saturated carbocycles. The predicted molar refractivity (Wildman–Crippen MR) is 77.9 cm³/mol. The Morgan fingerprint density at radius 3 is 3.16 bits per heavy atom. The highest BCUT2D eigenvalue weighted by Gasteiger charge is 2.18. The molecule has 2 N–H and O–H groups in total. The number of ether oxygens (including phenoxy) is 1. The summed E-state index contributed by atoms with van der Waals surface area (Å²) in [4.78, 5) is 12.0. The molecule has 2 atom stereocenters. The van der Waals surface area contributed by atoms with Crippen molar-refractivity contribution >= 4 is 21.8 Å². The lowest BCUT2D eigenvalue weighted by molar-refractivity contribution is -0.122. The molecule has 1 saturated heterocycles. The number of hydrogen-bond donors (Lipinski definition) is 2. The van der Waals surface area contributed by atoms with Crippen molar-refractivity contribution in [3.05, 3.63) is 34.3 Å². The van der Waals surface area contributed by atoms with E-state index in [1.165, 1.54) is 0 Å². The van der Waals surface area contributed by atoms with Crippen LogP contribution in [0.3, 0.4) is 0 Å². The Morgan fingerprint density at radius 1 is 1.63 bits per heavy atom. The Morgan fingerprint density at radius 2 is 2.47 bits per heavy atom. The van der Waals surface area contributed by atoms with Crippen LogP contribution in [-0.2, 0) is 9.53 Å². The second kappa shape index (κ2) is 7.03. The van der Waals surface area contributed by atoms with Crippen molar-refractivity contribution in [1.82, 2.24) is 10.6 Å². The molecule has 5 heteroatoms. The molecule has 1 heterocycles. The molecule has 4 nitrogen and oxygen atoms in total. The summed E-state index contributed by atoms with van der Waals surface area (Å²) in [6.07, 6.45) is 0.457. The largest absolute Gasteiger partial charge is 0.378 e. The summed E-state index contributed by atoms with van der Waals surface area (Å²) in [5.74, 6) is 0.0514. The summed E-state index contributed by atoms with van der Waals surface area (Å²) in [6, 6.07) is 8.11. The number of rotatable bonds is 4. The van der Waals surface area contributed by atoms with Crippen LogP contribution in [0.5, 0.6) is 0 Å². The lowest BCUT2D eigenvalue weighted by Gasteiger charge is -2.24. The maximum atomic E-state index is 12.0. The van der Waals surface area contributed by atoms with Gasteiger partial charge in [0.05, 0.1) is 19.3 Å². The van der Waals surface area contributed by atoms with Crippen LogP contribution >= 0.6 is 15.9 Å². The Bertz CT molecular complexity index is 433. The van der Waals surface area contributed by atoms with Crippen LogP contribution in [0.1, 0.15) is 24.9 Å². The van der Waals surface area contributed by atoms with Gasteiger partial charge in [0.1, 0.15) is 0 Å². The van der Waals surface area contributed by atoms with E-state index in [4.69, 9.17) is 4.74 Å². The van der Waals surface area contributed by atoms with Crippen molar-refractivity contribution in [2.75, 3.05) is 19.8 Å². The monoisotopic (exact) mass is 326 g/mol. The van der Waals surface area contributed by atoms with Crippen LogP contribution in [0.25, 0.3) is 0 Å². The Balaban J connectivity index is 1.84. The van der Waals surface area contributed by atoms with E-state index in [1.807, 2.05) is 31.2 Å². The van der Waals surface area contributed by atoms with Gasteiger partial charge in [0.25, 0.3) is 0 Å². The van der Waals surface area contributed by atoms with Gasteiger partial charge < -0.3 is 15.4 Å². The highest BCUT2D eigenvalue weighted by atomic mass is 79.9. The van der Waals surface area contributed by atoms with Gasteiger partial charge in [-0.05, 0) is 24.6 Å². The summed E-state index contributed by atoms with van der Waals surface area (Å²) in [6.45, 7) is 4.15. The van der Waals surface area contributed by atoms with Crippen molar-refractivity contribution < 1.29 is 9.53 Å². The van der Waals surface area contributed by atoms with Gasteiger partial charge in [0.2, 0.25) is 5.91 Å². The third kappa shape index (κ3) is 4.60. The van der Waals surface area contributed by atoms with Crippen molar-refractivity contribution in [3.8, 4) is 0 Å². The molecule has 1 fully saturated rings. The van der Waals surface area contributed by atoms with E-state index in [-0.39, 0.29) is 18.0 Å². The Kier molecular flexibility index (Phi) is 5.36. The molecular weight excluding hydrogens is 308 g/mol. The predicted octanol–water partition coefficient (Wildman–Crippen LogP) is 2.00. The molecule has 1 aliphatic heterocycles. The molecule has 1 aromatic rings. The fourth-order valence-electron chi connectivity index (χ4n) is 2.13. The van der Waals surface area contributed by atoms with Gasteiger partial charge in [0.15, 0.2) is 0 Å². The summed E-state index contributed by atoms with van der Waals surface area (Å²) >= 11 is 3.44. The lowest BCUT2D eigenvalue weighted by Crippen LogP contribution is -2.44. The van der Waals surface area contributed by atoms with Gasteiger partial charge in [-0.1, -0.05) is 28.1 Å². The maximum Gasteiger partial charge on any atom is 0.222 e. The molecule has 1 aliphatic rings. The molecule has 1 unspecified atom stereocenters. The SMILES string of the molecule is C[C@H](NC(=O)CC1COCCN1)c1cccc(Br)c1. The Hall–Kier alpha value is -0.910. The van der Waals surface area contributed by atoms with Gasteiger partial charge in [-0.15, -0.1) is 0 Å². The van der Waals surface area contributed by atoms with E-state index in [0.717, 1.165) is 23.2 Å². The number of carbonyl (C=O) groups is 1. The van der Waals surface area contributed by atoms with Crippen LogP contribution in [-0.4, -0.2) is 31.7 Å². The fourth-order valence-corrected chi connectivity index (χ4v) is 2.55. The van der Waals surface area contributed by atoms with Crippen LogP contribution in [0.2, 0.25) is 0 Å². The zero-order chi connectivity index (χ0) is 13.7. The minimum atomic E-state index is 0.00880. The normalized spacial score (nSPS) is 20.8. The highest BCUT2D eigenvalue weighted by molar-refractivity contribution is 9.10. The molecule has 1 amide bonds. The Labute approximate surface area is 122 Å². The van der Waals surface area contributed by atoms with Gasteiger partial charge in [-0.25, -0.2) is 0 Å². The first kappa shape index (κ1) is 14.5. The number of nitrogens with one attached hydrogen (secondary N) is 2. The number of carbonyl (C=O) groups excluding carboxylic acids is 1. The molecule has 2 rings (SSSR count).